The SMILES string of the molecule is Cc1ccc(C(=O)Nc2ccc(CC(=O)O)cc2)n1C. The summed E-state index contributed by atoms with van der Waals surface area (Å²) in [6.07, 6.45) is -0.0226. The smallest absolute Gasteiger partial charge is 0.307 e. The van der Waals surface area contributed by atoms with Gasteiger partial charge in [-0.1, -0.05) is 12.1 Å². The fourth-order valence-corrected chi connectivity index (χ4v) is 1.92. The first-order valence-corrected chi connectivity index (χ1v) is 6.22. The van der Waals surface area contributed by atoms with E-state index in [9.17, 15) is 9.59 Å². The average Bonchev–Trinajstić information content (AvgIpc) is 2.72. The molecular formula is C15H16N2O3. The van der Waals surface area contributed by atoms with Crippen LogP contribution >= 0.6 is 0 Å². The molecule has 0 fully saturated rings. The highest BCUT2D eigenvalue weighted by Gasteiger charge is 2.11. The second-order valence-corrected chi connectivity index (χ2v) is 4.64. The fraction of sp³-hybridized carbons (Fsp3) is 0.200. The van der Waals surface area contributed by atoms with Crippen molar-refractivity contribution in [2.24, 2.45) is 7.05 Å². The molecule has 2 aromatic rings. The van der Waals surface area contributed by atoms with Crippen LogP contribution in [-0.4, -0.2) is 21.6 Å². The van der Waals surface area contributed by atoms with Gasteiger partial charge in [-0.05, 0) is 36.8 Å². The van der Waals surface area contributed by atoms with Crippen LogP contribution in [0.25, 0.3) is 0 Å². The van der Waals surface area contributed by atoms with Crippen LogP contribution in [0, 0.1) is 6.92 Å². The molecule has 0 aliphatic carbocycles. The number of benzene rings is 1. The second-order valence-electron chi connectivity index (χ2n) is 4.64. The van der Waals surface area contributed by atoms with Crippen LogP contribution in [-0.2, 0) is 18.3 Å². The lowest BCUT2D eigenvalue weighted by Crippen LogP contribution is -2.16. The molecule has 0 radical (unpaired) electrons. The minimum atomic E-state index is -0.874. The van der Waals surface area contributed by atoms with Crippen LogP contribution in [0.15, 0.2) is 36.4 Å². The second kappa shape index (κ2) is 5.61. The Balaban J connectivity index is 2.08. The Morgan fingerprint density at radius 3 is 2.30 bits per heavy atom. The first kappa shape index (κ1) is 13.9. The van der Waals surface area contributed by atoms with Crippen LogP contribution in [0.2, 0.25) is 0 Å². The Labute approximate surface area is 116 Å². The molecule has 0 saturated carbocycles. The number of aromatic nitrogens is 1. The number of nitrogens with zero attached hydrogens (tertiary/aromatic N) is 1. The monoisotopic (exact) mass is 272 g/mol. The lowest BCUT2D eigenvalue weighted by Gasteiger charge is -2.07. The molecular weight excluding hydrogens is 256 g/mol. The van der Waals surface area contributed by atoms with E-state index in [4.69, 9.17) is 5.11 Å². The number of carboxylic acid groups (broad SMARTS) is 1. The molecule has 104 valence electrons. The van der Waals surface area contributed by atoms with Crippen molar-refractivity contribution in [3.05, 3.63) is 53.3 Å². The molecule has 0 unspecified atom stereocenters. The van der Waals surface area contributed by atoms with Crippen LogP contribution < -0.4 is 5.32 Å². The number of hydrogen-bond acceptors (Lipinski definition) is 2. The van der Waals surface area contributed by atoms with E-state index in [2.05, 4.69) is 5.32 Å². The molecule has 5 nitrogen and oxygen atoms in total. The summed E-state index contributed by atoms with van der Waals surface area (Å²) < 4.78 is 1.81. The molecule has 0 spiro atoms. The summed E-state index contributed by atoms with van der Waals surface area (Å²) in [5.74, 6) is -1.06. The summed E-state index contributed by atoms with van der Waals surface area (Å²) in [6, 6.07) is 10.4. The van der Waals surface area contributed by atoms with E-state index in [1.54, 1.807) is 30.3 Å². The maximum absolute atomic E-state index is 12.1. The quantitative estimate of drug-likeness (QED) is 0.896. The van der Waals surface area contributed by atoms with Gasteiger partial charge in [-0.15, -0.1) is 0 Å². The average molecular weight is 272 g/mol. The van der Waals surface area contributed by atoms with Gasteiger partial charge in [0.2, 0.25) is 0 Å². The number of carbonyl (C=O) groups excluding carboxylic acids is 1. The van der Waals surface area contributed by atoms with Crippen molar-refractivity contribution in [1.82, 2.24) is 4.57 Å². The van der Waals surface area contributed by atoms with Gasteiger partial charge < -0.3 is 15.0 Å². The van der Waals surface area contributed by atoms with E-state index >= 15 is 0 Å². The van der Waals surface area contributed by atoms with Crippen molar-refractivity contribution in [2.75, 3.05) is 5.32 Å². The minimum Gasteiger partial charge on any atom is -0.481 e. The van der Waals surface area contributed by atoms with Gasteiger partial charge in [0.15, 0.2) is 0 Å². The molecule has 0 aliphatic heterocycles. The summed E-state index contributed by atoms with van der Waals surface area (Å²) in [6.45, 7) is 1.93. The molecule has 1 aromatic carbocycles. The highest BCUT2D eigenvalue weighted by atomic mass is 16.4. The highest BCUT2D eigenvalue weighted by Crippen LogP contribution is 2.13. The molecule has 1 amide bonds. The highest BCUT2D eigenvalue weighted by molar-refractivity contribution is 6.03. The molecule has 2 N–H and O–H groups in total. The van der Waals surface area contributed by atoms with Crippen molar-refractivity contribution in [1.29, 1.82) is 0 Å². The third kappa shape index (κ3) is 3.06. The summed E-state index contributed by atoms with van der Waals surface area (Å²) >= 11 is 0. The zero-order valence-electron chi connectivity index (χ0n) is 11.4. The van der Waals surface area contributed by atoms with Gasteiger partial charge in [-0.3, -0.25) is 9.59 Å². The molecule has 0 bridgehead atoms. The summed E-state index contributed by atoms with van der Waals surface area (Å²) in [7, 11) is 1.83. The number of aliphatic carboxylic acids is 1. The van der Waals surface area contributed by atoms with Gasteiger partial charge in [0.05, 0.1) is 6.42 Å². The predicted molar refractivity (Wildman–Crippen MR) is 75.9 cm³/mol. The van der Waals surface area contributed by atoms with E-state index in [0.29, 0.717) is 16.9 Å². The molecule has 2 rings (SSSR count). The number of carboxylic acids is 1. The molecule has 0 atom stereocenters. The summed E-state index contributed by atoms with van der Waals surface area (Å²) in [4.78, 5) is 22.7. The van der Waals surface area contributed by atoms with Gasteiger partial charge in [0, 0.05) is 18.4 Å². The Kier molecular flexibility index (Phi) is 3.89. The molecule has 20 heavy (non-hydrogen) atoms. The van der Waals surface area contributed by atoms with Crippen molar-refractivity contribution < 1.29 is 14.7 Å². The lowest BCUT2D eigenvalue weighted by atomic mass is 10.1. The number of rotatable bonds is 4. The van der Waals surface area contributed by atoms with Crippen molar-refractivity contribution in [3.8, 4) is 0 Å². The molecule has 0 aliphatic rings. The van der Waals surface area contributed by atoms with E-state index in [1.165, 1.54) is 0 Å². The molecule has 1 aromatic heterocycles. The third-order valence-corrected chi connectivity index (χ3v) is 3.17. The normalized spacial score (nSPS) is 10.3. The van der Waals surface area contributed by atoms with Crippen molar-refractivity contribution in [3.63, 3.8) is 0 Å². The number of nitrogens with one attached hydrogen (secondary N) is 1. The maximum atomic E-state index is 12.1. The largest absolute Gasteiger partial charge is 0.481 e. The number of hydrogen-bond donors (Lipinski definition) is 2. The van der Waals surface area contributed by atoms with Crippen molar-refractivity contribution in [2.45, 2.75) is 13.3 Å². The van der Waals surface area contributed by atoms with Crippen LogP contribution in [0.3, 0.4) is 0 Å². The van der Waals surface area contributed by atoms with Crippen LogP contribution in [0.1, 0.15) is 21.7 Å². The summed E-state index contributed by atoms with van der Waals surface area (Å²) in [5, 5.41) is 11.5. The Morgan fingerprint density at radius 1 is 1.15 bits per heavy atom. The fourth-order valence-electron chi connectivity index (χ4n) is 1.92. The number of anilines is 1. The Hall–Kier alpha value is -2.56. The number of carbonyl (C=O) groups is 2. The van der Waals surface area contributed by atoms with Gasteiger partial charge >= 0.3 is 5.97 Å². The van der Waals surface area contributed by atoms with Crippen molar-refractivity contribution >= 4 is 17.6 Å². The lowest BCUT2D eigenvalue weighted by molar-refractivity contribution is -0.136. The van der Waals surface area contributed by atoms with Gasteiger partial charge in [-0.2, -0.15) is 0 Å². The topological polar surface area (TPSA) is 71.3 Å². The molecule has 1 heterocycles. The van der Waals surface area contributed by atoms with E-state index < -0.39 is 5.97 Å². The van der Waals surface area contributed by atoms with E-state index in [0.717, 1.165) is 5.69 Å². The van der Waals surface area contributed by atoms with E-state index in [-0.39, 0.29) is 12.3 Å². The molecule has 0 saturated heterocycles. The third-order valence-electron chi connectivity index (χ3n) is 3.17. The Bertz CT molecular complexity index is 642. The maximum Gasteiger partial charge on any atom is 0.307 e. The summed E-state index contributed by atoms with van der Waals surface area (Å²) in [5.41, 5.74) is 2.93. The number of aryl methyl sites for hydroxylation is 1. The Morgan fingerprint density at radius 2 is 1.80 bits per heavy atom. The van der Waals surface area contributed by atoms with Crippen LogP contribution in [0.4, 0.5) is 5.69 Å². The molecule has 5 heteroatoms. The van der Waals surface area contributed by atoms with E-state index in [1.807, 2.05) is 24.6 Å². The first-order valence-electron chi connectivity index (χ1n) is 6.22. The standard InChI is InChI=1S/C15H16N2O3/c1-10-3-8-13(17(10)2)15(20)16-12-6-4-11(5-7-12)9-14(18)19/h3-8H,9H2,1-2H3,(H,16,20)(H,18,19). The predicted octanol–water partition coefficient (Wildman–Crippen LogP) is 2.21. The minimum absolute atomic E-state index is 0.0226. The van der Waals surface area contributed by atoms with Crippen LogP contribution in [0.5, 0.6) is 0 Å². The number of amides is 1. The zero-order chi connectivity index (χ0) is 14.7. The first-order chi connectivity index (χ1) is 9.47. The van der Waals surface area contributed by atoms with Gasteiger partial charge in [0.25, 0.3) is 5.91 Å². The zero-order valence-corrected chi connectivity index (χ0v) is 11.4. The van der Waals surface area contributed by atoms with Gasteiger partial charge in [0.1, 0.15) is 5.69 Å². The van der Waals surface area contributed by atoms with Gasteiger partial charge in [-0.25, -0.2) is 0 Å².